The second kappa shape index (κ2) is 58.7. The molecule has 0 aromatic heterocycles. The van der Waals surface area contributed by atoms with E-state index in [0.29, 0.717) is 135 Å². The summed E-state index contributed by atoms with van der Waals surface area (Å²) in [5.74, 6) is -3.14. The summed E-state index contributed by atoms with van der Waals surface area (Å²) < 4.78 is 80.5. The number of carbonyl (C=O) groups excluding carboxylic acids is 9. The summed E-state index contributed by atoms with van der Waals surface area (Å²) in [6, 6.07) is -3.20. The van der Waals surface area contributed by atoms with E-state index in [1.807, 2.05) is 0 Å². The molecule has 3 fully saturated rings. The quantitative estimate of drug-likeness (QED) is 0.0213. The number of aliphatic hydroxyl groups is 10. The van der Waals surface area contributed by atoms with E-state index in [-0.39, 0.29) is 121 Å². The zero-order chi connectivity index (χ0) is 85.3. The lowest BCUT2D eigenvalue weighted by atomic mass is 9.97. The molecule has 0 saturated carbocycles. The van der Waals surface area contributed by atoms with Crippen LogP contribution >= 0.6 is 15.6 Å². The van der Waals surface area contributed by atoms with Gasteiger partial charge in [-0.3, -0.25) is 61.2 Å². The summed E-state index contributed by atoms with van der Waals surface area (Å²) in [4.78, 5) is 137. The van der Waals surface area contributed by atoms with Crippen molar-refractivity contribution in [2.24, 2.45) is 0 Å². The van der Waals surface area contributed by atoms with Crippen LogP contribution in [0.2, 0.25) is 0 Å². The first kappa shape index (κ1) is 104. The number of phosphoric acid groups is 2. The number of carbonyl (C=O) groups is 9. The van der Waals surface area contributed by atoms with Gasteiger partial charge in [-0.05, 0) is 77.0 Å². The van der Waals surface area contributed by atoms with Gasteiger partial charge < -0.3 is 136 Å². The van der Waals surface area contributed by atoms with Crippen molar-refractivity contribution in [3.63, 3.8) is 0 Å². The Labute approximate surface area is 671 Å². The largest absolute Gasteiger partial charge is 0.472 e. The lowest BCUT2D eigenvalue weighted by Gasteiger charge is -2.42. The number of hydrogen-bond donors (Lipinski definition) is 18. The van der Waals surface area contributed by atoms with Crippen LogP contribution in [-0.2, 0) is 98.8 Å². The number of nitrogens with zero attached hydrogens (tertiary/aromatic N) is 3. The number of phosphoric ester groups is 2. The van der Waals surface area contributed by atoms with Crippen LogP contribution in [0.15, 0.2) is 0 Å². The summed E-state index contributed by atoms with van der Waals surface area (Å²) >= 11 is 0. The fourth-order valence-electron chi connectivity index (χ4n) is 12.5. The Balaban J connectivity index is 1.40. The molecule has 115 heavy (non-hydrogen) atoms. The molecule has 18 N–H and O–H groups in total. The molecule has 17 atom stereocenters. The molecule has 3 aliphatic rings. The van der Waals surface area contributed by atoms with Crippen LogP contribution in [0.1, 0.15) is 175 Å². The molecular formula is C71H131N9O33P2. The first-order valence-electron chi connectivity index (χ1n) is 39.8. The second-order valence-corrected chi connectivity index (χ2v) is 31.3. The van der Waals surface area contributed by atoms with E-state index >= 15 is 0 Å². The highest BCUT2D eigenvalue weighted by Crippen LogP contribution is 2.44. The van der Waals surface area contributed by atoms with Crippen LogP contribution in [0, 0.1) is 0 Å². The van der Waals surface area contributed by atoms with Gasteiger partial charge in [0.05, 0.1) is 52.9 Å². The maximum Gasteiger partial charge on any atom is 0.472 e. The highest BCUT2D eigenvalue weighted by Gasteiger charge is 2.48. The van der Waals surface area contributed by atoms with Gasteiger partial charge in [0.15, 0.2) is 18.9 Å². The van der Waals surface area contributed by atoms with E-state index in [4.69, 9.17) is 46.5 Å². The highest BCUT2D eigenvalue weighted by molar-refractivity contribution is 7.47. The van der Waals surface area contributed by atoms with E-state index in [9.17, 15) is 113 Å². The van der Waals surface area contributed by atoms with Gasteiger partial charge in [-0.2, -0.15) is 0 Å². The van der Waals surface area contributed by atoms with Gasteiger partial charge >= 0.3 is 15.6 Å². The van der Waals surface area contributed by atoms with Crippen molar-refractivity contribution < 1.29 is 160 Å². The number of likely N-dealkylation sites (N-methyl/N-ethyl adjacent to an activating group) is 1. The molecule has 44 heteroatoms. The molecular weight excluding hydrogens is 1570 g/mol. The average molecular weight is 1700 g/mol. The van der Waals surface area contributed by atoms with Crippen molar-refractivity contribution in [3.05, 3.63) is 0 Å². The van der Waals surface area contributed by atoms with Gasteiger partial charge in [-0.25, -0.2) is 9.13 Å². The third-order valence-electron chi connectivity index (χ3n) is 18.9. The summed E-state index contributed by atoms with van der Waals surface area (Å²) in [7, 11) is -8.13. The zero-order valence-corrected chi connectivity index (χ0v) is 68.5. The molecule has 3 rings (SSSR count). The molecule has 0 aromatic carbocycles. The maximum absolute atomic E-state index is 13.7. The number of unbranched alkanes of at least 4 members (excludes halogenated alkanes) is 12. The van der Waals surface area contributed by atoms with Crippen molar-refractivity contribution in [1.82, 2.24) is 46.6 Å². The van der Waals surface area contributed by atoms with Crippen LogP contribution in [-0.4, -0.2) is 353 Å². The van der Waals surface area contributed by atoms with E-state index in [2.05, 4.69) is 31.9 Å². The molecule has 3 aliphatic heterocycles. The van der Waals surface area contributed by atoms with E-state index in [1.165, 1.54) is 42.5 Å². The van der Waals surface area contributed by atoms with Crippen LogP contribution in [0.5, 0.6) is 0 Å². The zero-order valence-electron chi connectivity index (χ0n) is 66.7. The smallest absolute Gasteiger partial charge is 0.395 e. The lowest BCUT2D eigenvalue weighted by Crippen LogP contribution is -2.64. The van der Waals surface area contributed by atoms with Gasteiger partial charge in [0, 0.05) is 139 Å². The van der Waals surface area contributed by atoms with Crippen molar-refractivity contribution in [2.45, 2.75) is 267 Å². The molecule has 0 bridgehead atoms. The SMILES string of the molecule is CC(=O)NC1C(OCCCCCC(=O)NCCCCCC(=O)N(C)CCOP(=O)(O)OCCN(CCOP(=O)(O)OCCN(CCO)C(=O)CCCCCNC(=O)CCCCCOC2OC(CO)C(O)C(O)C2NC(C)=O)C(=O)CCCCCNC(=O)CCCCCOC2OC(CO)C(O)C(O)C2NC(C)=O)OC(CO)C(O)C1O. The fourth-order valence-corrected chi connectivity index (χ4v) is 13.9. The highest BCUT2D eigenvalue weighted by atomic mass is 31.2. The first-order chi connectivity index (χ1) is 54.8. The Kier molecular flexibility index (Phi) is 53.1. The number of aliphatic hydroxyl groups excluding tert-OH is 10. The third-order valence-corrected chi connectivity index (χ3v) is 21.0. The normalized spacial score (nSPS) is 24.5. The third kappa shape index (κ3) is 43.0. The Morgan fingerprint density at radius 3 is 0.904 bits per heavy atom. The molecule has 9 amide bonds. The summed E-state index contributed by atoms with van der Waals surface area (Å²) in [6.07, 6.45) is -5.15. The van der Waals surface area contributed by atoms with Crippen LogP contribution < -0.4 is 31.9 Å². The second-order valence-electron chi connectivity index (χ2n) is 28.4. The standard InChI is InChI=1S/C71H131N9O33P2/c1-48(85)75-60-66(97)63(94)51(45-82)111-69(60)104-38-20-8-11-23-54(88)72-29-17-5-14-26-57(91)78(4)33-41-107-114(100,101)109-43-35-80(59(93)28-16-7-19-31-74-56(90)25-13-10-22-40-106-71-62(77-50(3)87)68(99)65(96)53(47-84)113-71)36-44-110-115(102,103)108-42-34-79(32-37-81)58(92)27-15-6-18-30-73-55(89)24-12-9-21-39-105-70-61(76-49(2)86)67(98)64(95)52(46-83)112-70/h51-53,60-71,81-84,94-99H,5-47H2,1-4H3,(H,72,88)(H,73,89)(H,74,90)(H,75,85)(H,76,86)(H,77,87)(H,100,101)(H,102,103). The van der Waals surface area contributed by atoms with E-state index < -0.39 is 184 Å². The van der Waals surface area contributed by atoms with Crippen LogP contribution in [0.3, 0.4) is 0 Å². The number of rotatable bonds is 63. The minimum Gasteiger partial charge on any atom is -0.395 e. The van der Waals surface area contributed by atoms with Crippen LogP contribution in [0.25, 0.3) is 0 Å². The number of ether oxygens (including phenoxy) is 6. The molecule has 3 saturated heterocycles. The number of amides is 9. The van der Waals surface area contributed by atoms with Crippen molar-refractivity contribution in [3.8, 4) is 0 Å². The minimum absolute atomic E-state index is 0.0580. The van der Waals surface area contributed by atoms with Gasteiger partial charge in [0.2, 0.25) is 53.2 Å². The predicted molar refractivity (Wildman–Crippen MR) is 405 cm³/mol. The predicted octanol–water partition coefficient (Wildman–Crippen LogP) is -3.05. The van der Waals surface area contributed by atoms with Crippen molar-refractivity contribution >= 4 is 68.8 Å². The summed E-state index contributed by atoms with van der Waals surface area (Å²) in [5, 5.41) is 116. The summed E-state index contributed by atoms with van der Waals surface area (Å²) in [5.41, 5.74) is 0. The Bertz CT molecular complexity index is 2930. The fraction of sp³-hybridized carbons (Fsp3) is 0.873. The topological polar surface area (TPSA) is 605 Å². The number of nitrogens with one attached hydrogen (secondary N) is 6. The molecule has 668 valence electrons. The van der Waals surface area contributed by atoms with E-state index in [1.54, 1.807) is 0 Å². The molecule has 0 radical (unpaired) electrons. The molecule has 3 heterocycles. The monoisotopic (exact) mass is 1700 g/mol. The first-order valence-corrected chi connectivity index (χ1v) is 42.8. The molecule has 0 aliphatic carbocycles. The lowest BCUT2D eigenvalue weighted by molar-refractivity contribution is -0.270. The van der Waals surface area contributed by atoms with Crippen molar-refractivity contribution in [2.75, 3.05) is 132 Å². The van der Waals surface area contributed by atoms with Crippen LogP contribution in [0.4, 0.5) is 0 Å². The van der Waals surface area contributed by atoms with Gasteiger partial charge in [0.1, 0.15) is 73.1 Å². The maximum atomic E-state index is 13.7. The summed E-state index contributed by atoms with van der Waals surface area (Å²) in [6.45, 7) is -0.0808. The molecule has 42 nitrogen and oxygen atoms in total. The molecule has 0 spiro atoms. The van der Waals surface area contributed by atoms with E-state index in [0.717, 1.165) is 0 Å². The van der Waals surface area contributed by atoms with Gasteiger partial charge in [-0.15, -0.1) is 0 Å². The Hall–Kier alpha value is -5.19. The Morgan fingerprint density at radius 2 is 0.617 bits per heavy atom. The number of hydrogen-bond acceptors (Lipinski definition) is 31. The molecule has 17 unspecified atom stereocenters. The minimum atomic E-state index is -4.84. The molecule has 0 aromatic rings. The van der Waals surface area contributed by atoms with Gasteiger partial charge in [0.25, 0.3) is 0 Å². The average Bonchev–Trinajstić information content (AvgIpc) is 0.817. The Morgan fingerprint density at radius 1 is 0.348 bits per heavy atom. The van der Waals surface area contributed by atoms with Gasteiger partial charge in [-0.1, -0.05) is 38.5 Å². The van der Waals surface area contributed by atoms with Crippen molar-refractivity contribution in [1.29, 1.82) is 0 Å².